The predicted octanol–water partition coefficient (Wildman–Crippen LogP) is 2.89. The Kier molecular flexibility index (Phi) is 4.55. The van der Waals surface area contributed by atoms with Gasteiger partial charge >= 0.3 is 10.3 Å². The molecule has 0 bridgehead atoms. The summed E-state index contributed by atoms with van der Waals surface area (Å²) in [4.78, 5) is 12.5. The van der Waals surface area contributed by atoms with Gasteiger partial charge in [-0.2, -0.15) is 13.6 Å². The molecule has 2 aliphatic rings. The second kappa shape index (κ2) is 6.45. The number of fused-ring (bicyclic) bond motifs is 2. The molecule has 2 N–H and O–H groups in total. The molecule has 0 unspecified atom stereocenters. The van der Waals surface area contributed by atoms with E-state index < -0.39 is 10.3 Å². The van der Waals surface area contributed by atoms with Crippen molar-refractivity contribution in [3.8, 4) is 5.75 Å². The lowest BCUT2D eigenvalue weighted by Gasteiger charge is -2.23. The molecule has 0 fully saturated rings. The van der Waals surface area contributed by atoms with Crippen LogP contribution in [0.15, 0.2) is 23.8 Å². The average Bonchev–Trinajstić information content (AvgIpc) is 2.57. The Labute approximate surface area is 136 Å². The van der Waals surface area contributed by atoms with Crippen molar-refractivity contribution in [1.82, 2.24) is 0 Å². The average molecular weight is 335 g/mol. The number of Topliss-reactive ketones (excluding diaryl/α,β-unsaturated/α-hetero) is 1. The maximum absolute atomic E-state index is 12.5. The summed E-state index contributed by atoms with van der Waals surface area (Å²) >= 11 is 0. The van der Waals surface area contributed by atoms with Crippen LogP contribution >= 0.6 is 0 Å². The van der Waals surface area contributed by atoms with Crippen molar-refractivity contribution in [3.63, 3.8) is 0 Å². The topological polar surface area (TPSA) is 86.5 Å². The van der Waals surface area contributed by atoms with Gasteiger partial charge in [0.15, 0.2) is 5.78 Å². The van der Waals surface area contributed by atoms with E-state index in [2.05, 4.69) is 0 Å². The molecule has 0 radical (unpaired) electrons. The monoisotopic (exact) mass is 335 g/mol. The number of hydrogen-bond acceptors (Lipinski definition) is 4. The van der Waals surface area contributed by atoms with Crippen molar-refractivity contribution in [1.29, 1.82) is 0 Å². The van der Waals surface area contributed by atoms with E-state index in [1.165, 1.54) is 19.3 Å². The van der Waals surface area contributed by atoms with Gasteiger partial charge in [-0.25, -0.2) is 0 Å². The molecule has 124 valence electrons. The summed E-state index contributed by atoms with van der Waals surface area (Å²) in [6.07, 6.45) is 7.80. The van der Waals surface area contributed by atoms with Crippen LogP contribution in [0.3, 0.4) is 0 Å². The summed E-state index contributed by atoms with van der Waals surface area (Å²) in [5, 5.41) is 4.91. The van der Waals surface area contributed by atoms with Crippen LogP contribution in [0.2, 0.25) is 0 Å². The first-order valence-electron chi connectivity index (χ1n) is 8.05. The molecule has 0 aromatic heterocycles. The van der Waals surface area contributed by atoms with E-state index in [1.807, 2.05) is 6.07 Å². The van der Waals surface area contributed by atoms with Crippen molar-refractivity contribution >= 4 is 21.7 Å². The molecule has 0 spiro atoms. The molecule has 0 heterocycles. The second-order valence-electron chi connectivity index (χ2n) is 6.22. The fourth-order valence-corrected chi connectivity index (χ4v) is 3.89. The third-order valence-corrected chi connectivity index (χ3v) is 4.94. The first kappa shape index (κ1) is 16.2. The van der Waals surface area contributed by atoms with Crippen molar-refractivity contribution in [2.45, 2.75) is 51.4 Å². The fourth-order valence-electron chi connectivity index (χ4n) is 3.52. The molecule has 1 aromatic carbocycles. The number of benzene rings is 1. The van der Waals surface area contributed by atoms with E-state index in [-0.39, 0.29) is 11.5 Å². The zero-order valence-corrected chi connectivity index (χ0v) is 13.8. The highest BCUT2D eigenvalue weighted by Crippen LogP contribution is 2.38. The number of carbonyl (C=O) groups is 1. The molecule has 3 rings (SSSR count). The number of hydrogen-bond donors (Lipinski definition) is 1. The third-order valence-electron chi connectivity index (χ3n) is 4.52. The molecule has 0 aliphatic heterocycles. The Morgan fingerprint density at radius 3 is 2.30 bits per heavy atom. The van der Waals surface area contributed by atoms with Crippen LogP contribution in [0.1, 0.15) is 56.1 Å². The van der Waals surface area contributed by atoms with Gasteiger partial charge in [-0.3, -0.25) is 4.79 Å². The van der Waals surface area contributed by atoms with Crippen LogP contribution in [0.25, 0.3) is 5.57 Å². The Balaban J connectivity index is 2.00. The van der Waals surface area contributed by atoms with Crippen LogP contribution < -0.4 is 9.32 Å². The number of carbonyl (C=O) groups excluding carboxylic acids is 1. The maximum atomic E-state index is 12.5. The van der Waals surface area contributed by atoms with E-state index in [0.717, 1.165) is 48.0 Å². The molecule has 0 saturated heterocycles. The lowest BCUT2D eigenvalue weighted by molar-refractivity contribution is -0.115. The van der Waals surface area contributed by atoms with Gasteiger partial charge in [0.2, 0.25) is 0 Å². The van der Waals surface area contributed by atoms with Crippen LogP contribution in [0.4, 0.5) is 0 Å². The summed E-state index contributed by atoms with van der Waals surface area (Å²) in [6, 6.07) is 5.08. The van der Waals surface area contributed by atoms with Gasteiger partial charge in [0.05, 0.1) is 0 Å². The molecule has 0 amide bonds. The molecule has 0 atom stereocenters. The normalized spacial score (nSPS) is 19.3. The minimum absolute atomic E-state index is 0.155. The smallest absolute Gasteiger partial charge is 0.371 e. The van der Waals surface area contributed by atoms with E-state index in [0.29, 0.717) is 6.42 Å². The standard InChI is InChI=1S/C17H21NO4S/c18-23(20,21)22-13-8-9-14-12(10-13)11-17(19)16-7-5-3-1-2-4-6-15(14)16/h8-10H,1-7,11H2,(H2,18,20,21). The first-order valence-corrected chi connectivity index (χ1v) is 9.52. The van der Waals surface area contributed by atoms with Gasteiger partial charge in [0.25, 0.3) is 0 Å². The number of allylic oxidation sites excluding steroid dienone is 2. The van der Waals surface area contributed by atoms with E-state index in [1.54, 1.807) is 12.1 Å². The van der Waals surface area contributed by atoms with Gasteiger partial charge in [0, 0.05) is 6.42 Å². The van der Waals surface area contributed by atoms with Crippen LogP contribution in [0, 0.1) is 0 Å². The fraction of sp³-hybridized carbons (Fsp3) is 0.471. The lowest BCUT2D eigenvalue weighted by Crippen LogP contribution is -2.20. The first-order chi connectivity index (χ1) is 10.9. The van der Waals surface area contributed by atoms with Crippen molar-refractivity contribution in [2.75, 3.05) is 0 Å². The van der Waals surface area contributed by atoms with Crippen LogP contribution in [-0.4, -0.2) is 14.2 Å². The second-order valence-corrected chi connectivity index (χ2v) is 7.37. The number of ketones is 1. The predicted molar refractivity (Wildman–Crippen MR) is 88.1 cm³/mol. The van der Waals surface area contributed by atoms with Crippen LogP contribution in [-0.2, 0) is 21.5 Å². The van der Waals surface area contributed by atoms with Gasteiger partial charge < -0.3 is 4.18 Å². The largest absolute Gasteiger partial charge is 0.380 e. The van der Waals surface area contributed by atoms with E-state index in [4.69, 9.17) is 9.32 Å². The molecule has 0 saturated carbocycles. The SMILES string of the molecule is NS(=O)(=O)Oc1ccc2c(c1)CC(=O)C1=C2CCCCCCC1. The summed E-state index contributed by atoms with van der Waals surface area (Å²) < 4.78 is 26.9. The molecule has 6 heteroatoms. The van der Waals surface area contributed by atoms with Gasteiger partial charge in [0.1, 0.15) is 5.75 Å². The quantitative estimate of drug-likeness (QED) is 0.900. The minimum atomic E-state index is -4.05. The highest BCUT2D eigenvalue weighted by atomic mass is 32.2. The molecule has 2 aliphatic carbocycles. The van der Waals surface area contributed by atoms with Gasteiger partial charge in [-0.1, -0.05) is 25.3 Å². The Bertz CT molecular complexity index is 765. The summed E-state index contributed by atoms with van der Waals surface area (Å²) in [5.74, 6) is 0.313. The summed E-state index contributed by atoms with van der Waals surface area (Å²) in [7, 11) is -4.05. The Hall–Kier alpha value is -1.66. The highest BCUT2D eigenvalue weighted by Gasteiger charge is 2.26. The molecular weight excluding hydrogens is 314 g/mol. The Morgan fingerprint density at radius 1 is 0.957 bits per heavy atom. The van der Waals surface area contributed by atoms with E-state index >= 15 is 0 Å². The molecular formula is C17H21NO4S. The van der Waals surface area contributed by atoms with Crippen molar-refractivity contribution < 1.29 is 17.4 Å². The number of nitrogens with two attached hydrogens (primary N) is 1. The molecule has 1 aromatic rings. The van der Waals surface area contributed by atoms with Gasteiger partial charge in [-0.05, 0) is 60.1 Å². The lowest BCUT2D eigenvalue weighted by atomic mass is 9.81. The van der Waals surface area contributed by atoms with Crippen molar-refractivity contribution in [3.05, 3.63) is 34.9 Å². The Morgan fingerprint density at radius 2 is 1.61 bits per heavy atom. The van der Waals surface area contributed by atoms with Gasteiger partial charge in [-0.15, -0.1) is 0 Å². The highest BCUT2D eigenvalue weighted by molar-refractivity contribution is 7.84. The van der Waals surface area contributed by atoms with Crippen LogP contribution in [0.5, 0.6) is 5.75 Å². The molecule has 5 nitrogen and oxygen atoms in total. The third kappa shape index (κ3) is 3.82. The zero-order chi connectivity index (χ0) is 16.4. The van der Waals surface area contributed by atoms with E-state index in [9.17, 15) is 13.2 Å². The maximum Gasteiger partial charge on any atom is 0.380 e. The zero-order valence-electron chi connectivity index (χ0n) is 13.0. The summed E-state index contributed by atoms with van der Waals surface area (Å²) in [5.41, 5.74) is 4.00. The summed E-state index contributed by atoms with van der Waals surface area (Å²) in [6.45, 7) is 0. The molecule has 23 heavy (non-hydrogen) atoms. The minimum Gasteiger partial charge on any atom is -0.371 e. The van der Waals surface area contributed by atoms with Crippen molar-refractivity contribution in [2.24, 2.45) is 5.14 Å². The number of rotatable bonds is 2.